The molecule has 0 aromatic heterocycles. The first kappa shape index (κ1) is 17.0. The average Bonchev–Trinajstić information content (AvgIpc) is 3.12. The number of hydrogen-bond acceptors (Lipinski definition) is 2. The largest absolute Gasteiger partial charge is 0.350 e. The normalized spacial score (nSPS) is 16.5. The van der Waals surface area contributed by atoms with Crippen LogP contribution in [-0.4, -0.2) is 29.4 Å². The molecule has 1 fully saturated rings. The molecule has 1 aliphatic heterocycles. The van der Waals surface area contributed by atoms with Gasteiger partial charge in [0, 0.05) is 18.8 Å². The van der Waals surface area contributed by atoms with Crippen LogP contribution in [0.25, 0.3) is 0 Å². The van der Waals surface area contributed by atoms with Crippen molar-refractivity contribution in [3.8, 4) is 0 Å². The van der Waals surface area contributed by atoms with Crippen LogP contribution >= 0.6 is 0 Å². The Bertz CT molecular complexity index is 728. The maximum atomic E-state index is 12.5. The number of amides is 3. The number of carbonyl (C=O) groups excluding carboxylic acids is 2. The maximum Gasteiger partial charge on any atom is 0.322 e. The van der Waals surface area contributed by atoms with Crippen LogP contribution in [0.15, 0.2) is 54.6 Å². The SMILES string of the molecule is Cc1ccc(NC(=O)N2CCC[C@H]2C(=O)NCc2ccccc2)cc1. The fraction of sp³-hybridized carbons (Fsp3) is 0.300. The summed E-state index contributed by atoms with van der Waals surface area (Å²) in [6.45, 7) is 3.07. The molecule has 0 spiro atoms. The van der Waals surface area contributed by atoms with Gasteiger partial charge in [-0.05, 0) is 37.5 Å². The summed E-state index contributed by atoms with van der Waals surface area (Å²) in [7, 11) is 0. The second kappa shape index (κ2) is 7.83. The Morgan fingerprint density at radius 3 is 2.52 bits per heavy atom. The van der Waals surface area contributed by atoms with E-state index in [9.17, 15) is 9.59 Å². The Morgan fingerprint density at radius 1 is 1.08 bits per heavy atom. The number of rotatable bonds is 4. The topological polar surface area (TPSA) is 61.4 Å². The van der Waals surface area contributed by atoms with Gasteiger partial charge >= 0.3 is 6.03 Å². The van der Waals surface area contributed by atoms with E-state index in [1.54, 1.807) is 4.90 Å². The van der Waals surface area contributed by atoms with Crippen LogP contribution in [0.2, 0.25) is 0 Å². The predicted octanol–water partition coefficient (Wildman–Crippen LogP) is 3.31. The monoisotopic (exact) mass is 337 g/mol. The van der Waals surface area contributed by atoms with Crippen LogP contribution in [0.1, 0.15) is 24.0 Å². The second-order valence-corrected chi connectivity index (χ2v) is 6.35. The van der Waals surface area contributed by atoms with Gasteiger partial charge in [-0.2, -0.15) is 0 Å². The van der Waals surface area contributed by atoms with Crippen LogP contribution in [0.5, 0.6) is 0 Å². The third-order valence-electron chi connectivity index (χ3n) is 4.43. The predicted molar refractivity (Wildman–Crippen MR) is 98.2 cm³/mol. The maximum absolute atomic E-state index is 12.5. The summed E-state index contributed by atoms with van der Waals surface area (Å²) >= 11 is 0. The molecule has 0 aliphatic carbocycles. The number of benzene rings is 2. The Hall–Kier alpha value is -2.82. The molecule has 5 heteroatoms. The molecule has 0 radical (unpaired) electrons. The standard InChI is InChI=1S/C20H23N3O2/c1-15-9-11-17(12-10-15)22-20(25)23-13-5-8-18(23)19(24)21-14-16-6-3-2-4-7-16/h2-4,6-7,9-12,18H,5,8,13-14H2,1H3,(H,21,24)(H,22,25)/t18-/m0/s1. The van der Waals surface area contributed by atoms with E-state index >= 15 is 0 Å². The summed E-state index contributed by atoms with van der Waals surface area (Å²) in [6.07, 6.45) is 1.53. The molecule has 3 rings (SSSR count). The molecule has 1 atom stereocenters. The van der Waals surface area contributed by atoms with Crippen LogP contribution in [0.4, 0.5) is 10.5 Å². The summed E-state index contributed by atoms with van der Waals surface area (Å²) < 4.78 is 0. The Labute approximate surface area is 148 Å². The van der Waals surface area contributed by atoms with Crippen molar-refractivity contribution in [3.05, 3.63) is 65.7 Å². The summed E-state index contributed by atoms with van der Waals surface area (Å²) in [5, 5.41) is 5.81. The Balaban J connectivity index is 1.58. The van der Waals surface area contributed by atoms with Gasteiger partial charge in [0.05, 0.1) is 0 Å². The lowest BCUT2D eigenvalue weighted by atomic mass is 10.2. The number of hydrogen-bond donors (Lipinski definition) is 2. The van der Waals surface area contributed by atoms with E-state index in [0.717, 1.165) is 23.2 Å². The van der Waals surface area contributed by atoms with Crippen molar-refractivity contribution < 1.29 is 9.59 Å². The highest BCUT2D eigenvalue weighted by Gasteiger charge is 2.33. The van der Waals surface area contributed by atoms with Crippen molar-refractivity contribution >= 4 is 17.6 Å². The molecule has 2 aromatic rings. The van der Waals surface area contributed by atoms with E-state index < -0.39 is 6.04 Å². The summed E-state index contributed by atoms with van der Waals surface area (Å²) in [4.78, 5) is 26.6. The van der Waals surface area contributed by atoms with Gasteiger partial charge in [-0.15, -0.1) is 0 Å². The lowest BCUT2D eigenvalue weighted by Crippen LogP contribution is -2.47. The minimum absolute atomic E-state index is 0.0968. The van der Waals surface area contributed by atoms with Crippen LogP contribution in [-0.2, 0) is 11.3 Å². The molecular formula is C20H23N3O2. The van der Waals surface area contributed by atoms with E-state index in [1.165, 1.54) is 0 Å². The zero-order valence-corrected chi connectivity index (χ0v) is 14.4. The lowest BCUT2D eigenvalue weighted by molar-refractivity contribution is -0.124. The van der Waals surface area contributed by atoms with Gasteiger partial charge in [0.2, 0.25) is 5.91 Å². The summed E-state index contributed by atoms with van der Waals surface area (Å²) in [5.74, 6) is -0.0968. The molecule has 0 bridgehead atoms. The van der Waals surface area contributed by atoms with E-state index in [1.807, 2.05) is 61.5 Å². The van der Waals surface area contributed by atoms with E-state index in [-0.39, 0.29) is 11.9 Å². The first-order chi connectivity index (χ1) is 12.1. The number of anilines is 1. The first-order valence-electron chi connectivity index (χ1n) is 8.59. The van der Waals surface area contributed by atoms with Crippen LogP contribution in [0.3, 0.4) is 0 Å². The number of aryl methyl sites for hydroxylation is 1. The van der Waals surface area contributed by atoms with Crippen molar-refractivity contribution in [1.29, 1.82) is 0 Å². The zero-order valence-electron chi connectivity index (χ0n) is 14.4. The highest BCUT2D eigenvalue weighted by atomic mass is 16.2. The zero-order chi connectivity index (χ0) is 17.6. The molecule has 1 heterocycles. The van der Waals surface area contributed by atoms with E-state index in [2.05, 4.69) is 10.6 Å². The van der Waals surface area contributed by atoms with Crippen molar-refractivity contribution in [1.82, 2.24) is 10.2 Å². The van der Waals surface area contributed by atoms with E-state index in [4.69, 9.17) is 0 Å². The van der Waals surface area contributed by atoms with Crippen LogP contribution < -0.4 is 10.6 Å². The third kappa shape index (κ3) is 4.38. The molecule has 1 saturated heterocycles. The van der Waals surface area contributed by atoms with Crippen LogP contribution in [0, 0.1) is 6.92 Å². The molecule has 2 aromatic carbocycles. The quantitative estimate of drug-likeness (QED) is 0.899. The molecule has 0 saturated carbocycles. The minimum atomic E-state index is -0.408. The van der Waals surface area contributed by atoms with Gasteiger partial charge in [0.25, 0.3) is 0 Å². The average molecular weight is 337 g/mol. The van der Waals surface area contributed by atoms with Crippen molar-refractivity contribution in [3.63, 3.8) is 0 Å². The highest BCUT2D eigenvalue weighted by Crippen LogP contribution is 2.19. The number of carbonyl (C=O) groups is 2. The Morgan fingerprint density at radius 2 is 1.80 bits per heavy atom. The Kier molecular flexibility index (Phi) is 5.33. The second-order valence-electron chi connectivity index (χ2n) is 6.35. The number of nitrogens with one attached hydrogen (secondary N) is 2. The fourth-order valence-corrected chi connectivity index (χ4v) is 3.02. The van der Waals surface area contributed by atoms with Crippen molar-refractivity contribution in [2.45, 2.75) is 32.4 Å². The molecule has 0 unspecified atom stereocenters. The fourth-order valence-electron chi connectivity index (χ4n) is 3.02. The van der Waals surface area contributed by atoms with Gasteiger partial charge in [0.1, 0.15) is 6.04 Å². The smallest absolute Gasteiger partial charge is 0.322 e. The minimum Gasteiger partial charge on any atom is -0.350 e. The third-order valence-corrected chi connectivity index (χ3v) is 4.43. The van der Waals surface area contributed by atoms with Crippen molar-refractivity contribution in [2.75, 3.05) is 11.9 Å². The van der Waals surface area contributed by atoms with Gasteiger partial charge in [0.15, 0.2) is 0 Å². The highest BCUT2D eigenvalue weighted by molar-refractivity contribution is 5.94. The molecule has 2 N–H and O–H groups in total. The van der Waals surface area contributed by atoms with Gasteiger partial charge in [-0.3, -0.25) is 4.79 Å². The molecule has 1 aliphatic rings. The van der Waals surface area contributed by atoms with Gasteiger partial charge in [-0.25, -0.2) is 4.79 Å². The summed E-state index contributed by atoms with van der Waals surface area (Å²) in [5.41, 5.74) is 2.92. The number of likely N-dealkylation sites (tertiary alicyclic amines) is 1. The van der Waals surface area contributed by atoms with Crippen molar-refractivity contribution in [2.24, 2.45) is 0 Å². The first-order valence-corrected chi connectivity index (χ1v) is 8.59. The molecule has 25 heavy (non-hydrogen) atoms. The molecule has 3 amide bonds. The number of urea groups is 1. The number of nitrogens with zero attached hydrogens (tertiary/aromatic N) is 1. The molecule has 5 nitrogen and oxygen atoms in total. The lowest BCUT2D eigenvalue weighted by Gasteiger charge is -2.24. The van der Waals surface area contributed by atoms with Gasteiger partial charge in [-0.1, -0.05) is 48.0 Å². The summed E-state index contributed by atoms with van der Waals surface area (Å²) in [6, 6.07) is 16.8. The molecule has 130 valence electrons. The van der Waals surface area contributed by atoms with Gasteiger partial charge < -0.3 is 15.5 Å². The molecular weight excluding hydrogens is 314 g/mol. The van der Waals surface area contributed by atoms with E-state index in [0.29, 0.717) is 19.5 Å².